The molecular formula is C15H19BrClNO2S. The number of fused-ring (bicyclic) bond motifs is 1. The summed E-state index contributed by atoms with van der Waals surface area (Å²) in [4.78, 5) is 0.338. The van der Waals surface area contributed by atoms with Gasteiger partial charge in [0.25, 0.3) is 0 Å². The molecule has 21 heavy (non-hydrogen) atoms. The molecule has 1 saturated heterocycles. The minimum atomic E-state index is -3.43. The fourth-order valence-electron chi connectivity index (χ4n) is 3.65. The van der Waals surface area contributed by atoms with Crippen molar-refractivity contribution in [3.8, 4) is 0 Å². The molecule has 2 fully saturated rings. The van der Waals surface area contributed by atoms with E-state index in [2.05, 4.69) is 15.9 Å². The van der Waals surface area contributed by atoms with Crippen molar-refractivity contribution in [2.24, 2.45) is 5.92 Å². The Morgan fingerprint density at radius 2 is 1.86 bits per heavy atom. The van der Waals surface area contributed by atoms with E-state index in [1.807, 2.05) is 0 Å². The molecule has 3 nitrogen and oxygen atoms in total. The number of piperidine rings is 1. The first-order chi connectivity index (χ1) is 10.00. The minimum Gasteiger partial charge on any atom is -0.207 e. The maximum Gasteiger partial charge on any atom is 0.243 e. The van der Waals surface area contributed by atoms with E-state index in [9.17, 15) is 8.42 Å². The molecule has 1 aromatic rings. The molecule has 0 N–H and O–H groups in total. The highest BCUT2D eigenvalue weighted by Gasteiger charge is 2.39. The molecule has 0 unspecified atom stereocenters. The van der Waals surface area contributed by atoms with Crippen LogP contribution in [0.1, 0.15) is 38.5 Å². The molecule has 116 valence electrons. The van der Waals surface area contributed by atoms with Crippen LogP contribution in [0, 0.1) is 5.92 Å². The zero-order valence-electron chi connectivity index (χ0n) is 11.8. The normalized spacial score (nSPS) is 27.3. The summed E-state index contributed by atoms with van der Waals surface area (Å²) in [6.45, 7) is 0.643. The van der Waals surface area contributed by atoms with Crippen molar-refractivity contribution in [2.75, 3.05) is 6.54 Å². The van der Waals surface area contributed by atoms with E-state index < -0.39 is 10.0 Å². The van der Waals surface area contributed by atoms with E-state index in [4.69, 9.17) is 11.6 Å². The molecular weight excluding hydrogens is 374 g/mol. The smallest absolute Gasteiger partial charge is 0.207 e. The van der Waals surface area contributed by atoms with Crippen LogP contribution >= 0.6 is 27.5 Å². The predicted octanol–water partition coefficient (Wildman–Crippen LogP) is 4.45. The molecule has 0 radical (unpaired) electrons. The van der Waals surface area contributed by atoms with Gasteiger partial charge in [0.15, 0.2) is 0 Å². The van der Waals surface area contributed by atoms with Crippen LogP contribution in [-0.2, 0) is 10.0 Å². The fourth-order valence-corrected chi connectivity index (χ4v) is 6.08. The van der Waals surface area contributed by atoms with Gasteiger partial charge in [-0.2, -0.15) is 4.31 Å². The van der Waals surface area contributed by atoms with Crippen LogP contribution in [0.3, 0.4) is 0 Å². The van der Waals surface area contributed by atoms with E-state index >= 15 is 0 Å². The summed E-state index contributed by atoms with van der Waals surface area (Å²) in [5.41, 5.74) is 0. The second-order valence-electron chi connectivity index (χ2n) is 5.95. The lowest BCUT2D eigenvalue weighted by molar-refractivity contribution is 0.129. The first-order valence-corrected chi connectivity index (χ1v) is 10.1. The number of rotatable bonds is 2. The van der Waals surface area contributed by atoms with E-state index in [-0.39, 0.29) is 6.04 Å². The zero-order valence-corrected chi connectivity index (χ0v) is 14.9. The van der Waals surface area contributed by atoms with Crippen molar-refractivity contribution in [3.63, 3.8) is 0 Å². The number of benzene rings is 1. The average molecular weight is 393 g/mol. The quantitative estimate of drug-likeness (QED) is 0.746. The Hall–Kier alpha value is -0.100. The van der Waals surface area contributed by atoms with Gasteiger partial charge in [0.2, 0.25) is 10.0 Å². The summed E-state index contributed by atoms with van der Waals surface area (Å²) in [6.07, 6.45) is 6.68. The standard InChI is InChI=1S/C15H19BrClNO2S/c16-13-10-12(7-8-14(13)17)21(19,20)18-9-3-5-11-4-1-2-6-15(11)18/h7-8,10-11,15H,1-6,9H2/t11-,15-/m1/s1. The second kappa shape index (κ2) is 6.19. The molecule has 2 atom stereocenters. The van der Waals surface area contributed by atoms with Crippen LogP contribution in [0.25, 0.3) is 0 Å². The first-order valence-electron chi connectivity index (χ1n) is 7.47. The predicted molar refractivity (Wildman–Crippen MR) is 88.0 cm³/mol. The number of sulfonamides is 1. The molecule has 0 aromatic heterocycles. The monoisotopic (exact) mass is 391 g/mol. The Bertz CT molecular complexity index is 633. The van der Waals surface area contributed by atoms with Gasteiger partial charge in [-0.3, -0.25) is 0 Å². The van der Waals surface area contributed by atoms with Crippen LogP contribution in [0.5, 0.6) is 0 Å². The summed E-state index contributed by atoms with van der Waals surface area (Å²) in [6, 6.07) is 5.05. The second-order valence-corrected chi connectivity index (χ2v) is 9.10. The van der Waals surface area contributed by atoms with E-state index in [0.717, 1.165) is 19.3 Å². The third kappa shape index (κ3) is 3.03. The number of hydrogen-bond acceptors (Lipinski definition) is 2. The third-order valence-electron chi connectivity index (χ3n) is 4.69. The summed E-state index contributed by atoms with van der Waals surface area (Å²) >= 11 is 9.29. The molecule has 1 heterocycles. The van der Waals surface area contributed by atoms with Gasteiger partial charge in [-0.1, -0.05) is 24.4 Å². The van der Waals surface area contributed by atoms with Gasteiger partial charge in [-0.25, -0.2) is 8.42 Å². The molecule has 1 aromatic carbocycles. The fraction of sp³-hybridized carbons (Fsp3) is 0.600. The van der Waals surface area contributed by atoms with Crippen molar-refractivity contribution in [1.29, 1.82) is 0 Å². The van der Waals surface area contributed by atoms with Crippen LogP contribution in [0.4, 0.5) is 0 Å². The van der Waals surface area contributed by atoms with Crippen molar-refractivity contribution in [3.05, 3.63) is 27.7 Å². The molecule has 3 rings (SSSR count). The van der Waals surface area contributed by atoms with Gasteiger partial charge in [0, 0.05) is 17.1 Å². The van der Waals surface area contributed by atoms with Gasteiger partial charge >= 0.3 is 0 Å². The van der Waals surface area contributed by atoms with Crippen molar-refractivity contribution >= 4 is 37.6 Å². The first kappa shape index (κ1) is 15.8. The molecule has 1 saturated carbocycles. The Balaban J connectivity index is 1.94. The maximum atomic E-state index is 13.0. The largest absolute Gasteiger partial charge is 0.243 e. The van der Waals surface area contributed by atoms with Gasteiger partial charge in [0.05, 0.1) is 9.92 Å². The number of hydrogen-bond donors (Lipinski definition) is 0. The van der Waals surface area contributed by atoms with Crippen LogP contribution in [0.15, 0.2) is 27.6 Å². The third-order valence-corrected chi connectivity index (χ3v) is 7.82. The minimum absolute atomic E-state index is 0.187. The van der Waals surface area contributed by atoms with Gasteiger partial charge in [-0.15, -0.1) is 0 Å². The van der Waals surface area contributed by atoms with Gasteiger partial charge < -0.3 is 0 Å². The van der Waals surface area contributed by atoms with Gasteiger partial charge in [0.1, 0.15) is 0 Å². The van der Waals surface area contributed by atoms with Crippen molar-refractivity contribution < 1.29 is 8.42 Å². The summed E-state index contributed by atoms with van der Waals surface area (Å²) in [7, 11) is -3.43. The van der Waals surface area contributed by atoms with Crippen molar-refractivity contribution in [1.82, 2.24) is 4.31 Å². The molecule has 0 bridgehead atoms. The number of nitrogens with zero attached hydrogens (tertiary/aromatic N) is 1. The topological polar surface area (TPSA) is 37.4 Å². The Kier molecular flexibility index (Phi) is 4.65. The maximum absolute atomic E-state index is 13.0. The van der Waals surface area contributed by atoms with E-state index in [1.165, 1.54) is 19.3 Å². The van der Waals surface area contributed by atoms with E-state index in [0.29, 0.717) is 26.9 Å². The molecule has 1 aliphatic heterocycles. The van der Waals surface area contributed by atoms with Crippen molar-refractivity contribution in [2.45, 2.75) is 49.5 Å². The lowest BCUT2D eigenvalue weighted by Gasteiger charge is -2.43. The van der Waals surface area contributed by atoms with Crippen LogP contribution in [-0.4, -0.2) is 25.3 Å². The molecule has 0 amide bonds. The molecule has 2 aliphatic rings. The van der Waals surface area contributed by atoms with Gasteiger partial charge in [-0.05, 0) is 65.7 Å². The molecule has 6 heteroatoms. The highest BCUT2D eigenvalue weighted by Crippen LogP contribution is 2.38. The van der Waals surface area contributed by atoms with Crippen LogP contribution < -0.4 is 0 Å². The lowest BCUT2D eigenvalue weighted by atomic mass is 9.79. The Morgan fingerprint density at radius 1 is 1.14 bits per heavy atom. The Morgan fingerprint density at radius 3 is 2.62 bits per heavy atom. The zero-order chi connectivity index (χ0) is 15.0. The lowest BCUT2D eigenvalue weighted by Crippen LogP contribution is -2.49. The van der Waals surface area contributed by atoms with E-state index in [1.54, 1.807) is 22.5 Å². The molecule has 1 aliphatic carbocycles. The average Bonchev–Trinajstić information content (AvgIpc) is 2.49. The molecule has 0 spiro atoms. The SMILES string of the molecule is O=S(=O)(c1ccc(Cl)c(Br)c1)N1CCC[C@H]2CCCC[C@H]21. The summed E-state index contributed by atoms with van der Waals surface area (Å²) in [5, 5.41) is 0.531. The highest BCUT2D eigenvalue weighted by molar-refractivity contribution is 9.10. The summed E-state index contributed by atoms with van der Waals surface area (Å²) < 4.78 is 28.3. The number of halogens is 2. The highest BCUT2D eigenvalue weighted by atomic mass is 79.9. The summed E-state index contributed by atoms with van der Waals surface area (Å²) in [5.74, 6) is 0.540. The van der Waals surface area contributed by atoms with Crippen LogP contribution in [0.2, 0.25) is 5.02 Å². The Labute approximate surface area is 139 Å².